The Hall–Kier alpha value is -0.930. The van der Waals surface area contributed by atoms with E-state index in [2.05, 4.69) is 5.32 Å². The minimum absolute atomic E-state index is 0.182. The molecule has 0 amide bonds. The summed E-state index contributed by atoms with van der Waals surface area (Å²) in [5, 5.41) is 3.25. The Kier molecular flexibility index (Phi) is 3.34. The maximum atomic E-state index is 12.8. The summed E-state index contributed by atoms with van der Waals surface area (Å²) in [5.41, 5.74) is 2.03. The number of hydrogen-bond acceptors (Lipinski definition) is 2. The zero-order chi connectivity index (χ0) is 10.7. The molecule has 1 atom stereocenters. The number of hydrogen-bond donors (Lipinski definition) is 1. The fourth-order valence-electron chi connectivity index (χ4n) is 1.80. The van der Waals surface area contributed by atoms with E-state index in [0.29, 0.717) is 12.7 Å². The Morgan fingerprint density at radius 1 is 1.53 bits per heavy atom. The molecule has 1 unspecified atom stereocenters. The first-order valence-corrected chi connectivity index (χ1v) is 5.33. The third-order valence-corrected chi connectivity index (χ3v) is 2.79. The lowest BCUT2D eigenvalue weighted by Crippen LogP contribution is -2.16. The van der Waals surface area contributed by atoms with E-state index in [1.807, 2.05) is 6.92 Å². The van der Waals surface area contributed by atoms with Gasteiger partial charge in [-0.05, 0) is 43.1 Å². The minimum atomic E-state index is -0.182. The SMILES string of the molecule is Cc1cc(F)ccc1COC1CCNC1. The molecule has 1 aliphatic heterocycles. The molecule has 1 fully saturated rings. The van der Waals surface area contributed by atoms with Gasteiger partial charge in [-0.2, -0.15) is 0 Å². The summed E-state index contributed by atoms with van der Waals surface area (Å²) in [6, 6.07) is 4.83. The molecule has 1 heterocycles. The van der Waals surface area contributed by atoms with E-state index in [1.54, 1.807) is 12.1 Å². The van der Waals surface area contributed by atoms with Gasteiger partial charge in [-0.3, -0.25) is 0 Å². The molecule has 1 aromatic carbocycles. The van der Waals surface area contributed by atoms with Gasteiger partial charge in [0.05, 0.1) is 12.7 Å². The van der Waals surface area contributed by atoms with Crippen molar-refractivity contribution >= 4 is 0 Å². The summed E-state index contributed by atoms with van der Waals surface area (Å²) in [6.45, 7) is 4.46. The van der Waals surface area contributed by atoms with Gasteiger partial charge in [-0.1, -0.05) is 6.07 Å². The molecule has 0 bridgehead atoms. The number of aryl methyl sites for hydroxylation is 1. The molecule has 3 heteroatoms. The molecule has 0 radical (unpaired) electrons. The van der Waals surface area contributed by atoms with Crippen LogP contribution in [0.5, 0.6) is 0 Å². The lowest BCUT2D eigenvalue weighted by Gasteiger charge is -2.12. The first-order valence-electron chi connectivity index (χ1n) is 5.33. The molecule has 1 saturated heterocycles. The Balaban J connectivity index is 1.92. The van der Waals surface area contributed by atoms with Gasteiger partial charge < -0.3 is 10.1 Å². The Morgan fingerprint density at radius 2 is 2.40 bits per heavy atom. The van der Waals surface area contributed by atoms with Crippen molar-refractivity contribution in [3.63, 3.8) is 0 Å². The van der Waals surface area contributed by atoms with Crippen LogP contribution >= 0.6 is 0 Å². The summed E-state index contributed by atoms with van der Waals surface area (Å²) >= 11 is 0. The van der Waals surface area contributed by atoms with Gasteiger partial charge in [0.1, 0.15) is 5.82 Å². The van der Waals surface area contributed by atoms with Crippen molar-refractivity contribution in [2.75, 3.05) is 13.1 Å². The van der Waals surface area contributed by atoms with E-state index in [9.17, 15) is 4.39 Å². The molecule has 1 aromatic rings. The van der Waals surface area contributed by atoms with Crippen LogP contribution in [0.4, 0.5) is 4.39 Å². The van der Waals surface area contributed by atoms with E-state index in [4.69, 9.17) is 4.74 Å². The number of benzene rings is 1. The Labute approximate surface area is 89.4 Å². The molecule has 0 saturated carbocycles. The summed E-state index contributed by atoms with van der Waals surface area (Å²) in [5.74, 6) is -0.182. The monoisotopic (exact) mass is 209 g/mol. The van der Waals surface area contributed by atoms with E-state index in [-0.39, 0.29) is 5.82 Å². The van der Waals surface area contributed by atoms with Crippen molar-refractivity contribution in [3.05, 3.63) is 35.1 Å². The minimum Gasteiger partial charge on any atom is -0.372 e. The molecule has 82 valence electrons. The lowest BCUT2D eigenvalue weighted by molar-refractivity contribution is 0.0539. The summed E-state index contributed by atoms with van der Waals surface area (Å²) < 4.78 is 18.6. The molecule has 2 rings (SSSR count). The normalized spacial score (nSPS) is 20.8. The van der Waals surface area contributed by atoms with E-state index < -0.39 is 0 Å². The van der Waals surface area contributed by atoms with Crippen LogP contribution in [0.3, 0.4) is 0 Å². The van der Waals surface area contributed by atoms with Gasteiger partial charge in [-0.15, -0.1) is 0 Å². The topological polar surface area (TPSA) is 21.3 Å². The third kappa shape index (κ3) is 2.76. The maximum absolute atomic E-state index is 12.8. The molecular weight excluding hydrogens is 193 g/mol. The Bertz CT molecular complexity index is 334. The zero-order valence-corrected chi connectivity index (χ0v) is 8.92. The maximum Gasteiger partial charge on any atom is 0.123 e. The molecular formula is C12H16FNO. The van der Waals surface area contributed by atoms with Crippen molar-refractivity contribution in [3.8, 4) is 0 Å². The highest BCUT2D eigenvalue weighted by Crippen LogP contribution is 2.13. The zero-order valence-electron chi connectivity index (χ0n) is 8.92. The van der Waals surface area contributed by atoms with Crippen molar-refractivity contribution in [1.29, 1.82) is 0 Å². The fourth-order valence-corrected chi connectivity index (χ4v) is 1.80. The van der Waals surface area contributed by atoms with Crippen LogP contribution in [0.15, 0.2) is 18.2 Å². The van der Waals surface area contributed by atoms with E-state index >= 15 is 0 Å². The molecule has 15 heavy (non-hydrogen) atoms. The van der Waals surface area contributed by atoms with Gasteiger partial charge in [-0.25, -0.2) is 4.39 Å². The van der Waals surface area contributed by atoms with Crippen LogP contribution in [0.1, 0.15) is 17.5 Å². The highest BCUT2D eigenvalue weighted by Gasteiger charge is 2.14. The highest BCUT2D eigenvalue weighted by atomic mass is 19.1. The second kappa shape index (κ2) is 4.73. The molecule has 1 aliphatic rings. The second-order valence-corrected chi connectivity index (χ2v) is 4.00. The summed E-state index contributed by atoms with van der Waals surface area (Å²) in [6.07, 6.45) is 1.38. The van der Waals surface area contributed by atoms with Gasteiger partial charge in [0.15, 0.2) is 0 Å². The van der Waals surface area contributed by atoms with Gasteiger partial charge >= 0.3 is 0 Å². The van der Waals surface area contributed by atoms with E-state index in [1.165, 1.54) is 6.07 Å². The molecule has 0 aliphatic carbocycles. The summed E-state index contributed by atoms with van der Waals surface area (Å²) in [7, 11) is 0. The van der Waals surface area contributed by atoms with Crippen LogP contribution in [0.2, 0.25) is 0 Å². The molecule has 0 aromatic heterocycles. The quantitative estimate of drug-likeness (QED) is 0.822. The highest BCUT2D eigenvalue weighted by molar-refractivity contribution is 5.25. The van der Waals surface area contributed by atoms with Crippen molar-refractivity contribution in [2.45, 2.75) is 26.1 Å². The first kappa shape index (κ1) is 10.6. The molecule has 0 spiro atoms. The average Bonchev–Trinajstić information content (AvgIpc) is 2.69. The predicted molar refractivity (Wildman–Crippen MR) is 57.2 cm³/mol. The largest absolute Gasteiger partial charge is 0.372 e. The van der Waals surface area contributed by atoms with Crippen molar-refractivity contribution in [2.24, 2.45) is 0 Å². The van der Waals surface area contributed by atoms with Crippen LogP contribution in [0.25, 0.3) is 0 Å². The first-order chi connectivity index (χ1) is 7.25. The van der Waals surface area contributed by atoms with Crippen LogP contribution in [-0.2, 0) is 11.3 Å². The van der Waals surface area contributed by atoms with Crippen molar-refractivity contribution in [1.82, 2.24) is 5.32 Å². The smallest absolute Gasteiger partial charge is 0.123 e. The molecule has 1 N–H and O–H groups in total. The lowest BCUT2D eigenvalue weighted by atomic mass is 10.1. The predicted octanol–water partition coefficient (Wildman–Crippen LogP) is 2.01. The fraction of sp³-hybridized carbons (Fsp3) is 0.500. The average molecular weight is 209 g/mol. The van der Waals surface area contributed by atoms with Gasteiger partial charge in [0.25, 0.3) is 0 Å². The van der Waals surface area contributed by atoms with Crippen LogP contribution < -0.4 is 5.32 Å². The van der Waals surface area contributed by atoms with Crippen molar-refractivity contribution < 1.29 is 9.13 Å². The standard InChI is InChI=1S/C12H16FNO/c1-9-6-11(13)3-2-10(9)8-15-12-4-5-14-7-12/h2-3,6,12,14H,4-5,7-8H2,1H3. The van der Waals surface area contributed by atoms with E-state index in [0.717, 1.165) is 30.6 Å². The van der Waals surface area contributed by atoms with Gasteiger partial charge in [0.2, 0.25) is 0 Å². The van der Waals surface area contributed by atoms with Crippen LogP contribution in [-0.4, -0.2) is 19.2 Å². The van der Waals surface area contributed by atoms with Gasteiger partial charge in [0, 0.05) is 6.54 Å². The summed E-state index contributed by atoms with van der Waals surface area (Å²) in [4.78, 5) is 0. The number of halogens is 1. The second-order valence-electron chi connectivity index (χ2n) is 4.00. The third-order valence-electron chi connectivity index (χ3n) is 2.79. The molecule has 2 nitrogen and oxygen atoms in total. The number of ether oxygens (including phenoxy) is 1. The van der Waals surface area contributed by atoms with Crippen LogP contribution in [0, 0.1) is 12.7 Å². The number of rotatable bonds is 3. The number of nitrogens with one attached hydrogen (secondary N) is 1. The Morgan fingerprint density at radius 3 is 3.07 bits per heavy atom.